The minimum atomic E-state index is -0.433. The highest BCUT2D eigenvalue weighted by atomic mass is 32.1. The number of ether oxygens (including phenoxy) is 1. The van der Waals surface area contributed by atoms with Crippen LogP contribution in [0.5, 0.6) is 5.75 Å². The maximum absolute atomic E-state index is 12.5. The van der Waals surface area contributed by atoms with Crippen molar-refractivity contribution >= 4 is 40.3 Å². The number of carbonyl (C=O) groups is 1. The molecule has 0 fully saturated rings. The summed E-state index contributed by atoms with van der Waals surface area (Å²) in [5.74, 6) is -0.0278. The number of nitrogens with two attached hydrogens (primary N) is 1. The van der Waals surface area contributed by atoms with Gasteiger partial charge in [-0.05, 0) is 48.1 Å². The predicted molar refractivity (Wildman–Crippen MR) is 108 cm³/mol. The number of thiocarbonyl (C=S) groups is 1. The van der Waals surface area contributed by atoms with Crippen LogP contribution in [-0.2, 0) is 0 Å². The highest BCUT2D eigenvalue weighted by molar-refractivity contribution is 7.80. The van der Waals surface area contributed by atoms with Gasteiger partial charge in [0, 0.05) is 5.56 Å². The number of hydrogen-bond donors (Lipinski definition) is 2. The first-order chi connectivity index (χ1) is 12.5. The number of benzene rings is 3. The first-order valence-corrected chi connectivity index (χ1v) is 8.34. The SMILES string of the molecule is Cc1ccc(C(=O)Oc2ccc3ccccc3c2C=NNC(N)=S)cc1. The Kier molecular flexibility index (Phi) is 5.24. The summed E-state index contributed by atoms with van der Waals surface area (Å²) < 4.78 is 5.62. The Morgan fingerprint density at radius 2 is 1.85 bits per heavy atom. The molecule has 26 heavy (non-hydrogen) atoms. The topological polar surface area (TPSA) is 76.7 Å². The molecule has 0 unspecified atom stereocenters. The van der Waals surface area contributed by atoms with E-state index >= 15 is 0 Å². The minimum absolute atomic E-state index is 0.0553. The molecular weight excluding hydrogens is 346 g/mol. The molecule has 3 aromatic carbocycles. The lowest BCUT2D eigenvalue weighted by atomic mass is 10.0. The number of esters is 1. The molecule has 0 heterocycles. The zero-order valence-corrected chi connectivity index (χ0v) is 14.9. The first kappa shape index (κ1) is 17.6. The van der Waals surface area contributed by atoms with Crippen molar-refractivity contribution in [1.82, 2.24) is 5.43 Å². The number of nitrogens with zero attached hydrogens (tertiary/aromatic N) is 1. The lowest BCUT2D eigenvalue weighted by Gasteiger charge is -2.10. The fourth-order valence-electron chi connectivity index (χ4n) is 2.51. The van der Waals surface area contributed by atoms with Gasteiger partial charge in [0.2, 0.25) is 0 Å². The van der Waals surface area contributed by atoms with Crippen molar-refractivity contribution in [2.45, 2.75) is 6.92 Å². The Balaban J connectivity index is 1.98. The molecule has 3 aromatic rings. The first-order valence-electron chi connectivity index (χ1n) is 7.94. The van der Waals surface area contributed by atoms with Gasteiger partial charge >= 0.3 is 5.97 Å². The van der Waals surface area contributed by atoms with Crippen molar-refractivity contribution < 1.29 is 9.53 Å². The summed E-state index contributed by atoms with van der Waals surface area (Å²) in [6.07, 6.45) is 1.54. The Labute approximate surface area is 156 Å². The van der Waals surface area contributed by atoms with E-state index in [2.05, 4.69) is 10.5 Å². The number of rotatable bonds is 4. The van der Waals surface area contributed by atoms with Crippen LogP contribution in [0.1, 0.15) is 21.5 Å². The van der Waals surface area contributed by atoms with Crippen LogP contribution < -0.4 is 15.9 Å². The molecule has 0 aromatic heterocycles. The van der Waals surface area contributed by atoms with Crippen LogP contribution in [0.15, 0.2) is 65.8 Å². The normalized spacial score (nSPS) is 10.8. The molecule has 0 saturated carbocycles. The fraction of sp³-hybridized carbons (Fsp3) is 0.0500. The van der Waals surface area contributed by atoms with E-state index in [0.29, 0.717) is 16.9 Å². The summed E-state index contributed by atoms with van der Waals surface area (Å²) >= 11 is 4.75. The van der Waals surface area contributed by atoms with Gasteiger partial charge in [-0.1, -0.05) is 48.0 Å². The van der Waals surface area contributed by atoms with Crippen molar-refractivity contribution in [2.75, 3.05) is 0 Å². The molecule has 0 saturated heterocycles. The molecular formula is C20H17N3O2S. The van der Waals surface area contributed by atoms with Crippen molar-refractivity contribution in [3.63, 3.8) is 0 Å². The summed E-state index contributed by atoms with van der Waals surface area (Å²) in [6.45, 7) is 1.96. The third-order valence-corrected chi connectivity index (χ3v) is 3.88. The number of hydrazone groups is 1. The smallest absolute Gasteiger partial charge is 0.343 e. The molecule has 0 aliphatic heterocycles. The molecule has 0 radical (unpaired) electrons. The quantitative estimate of drug-likeness (QED) is 0.244. The van der Waals surface area contributed by atoms with Crippen molar-refractivity contribution in [3.8, 4) is 5.75 Å². The van der Waals surface area contributed by atoms with E-state index in [1.807, 2.05) is 49.4 Å². The maximum atomic E-state index is 12.5. The van der Waals surface area contributed by atoms with Gasteiger partial charge in [0.05, 0.1) is 11.8 Å². The van der Waals surface area contributed by atoms with E-state index < -0.39 is 5.97 Å². The maximum Gasteiger partial charge on any atom is 0.343 e. The van der Waals surface area contributed by atoms with Crippen LogP contribution in [0, 0.1) is 6.92 Å². The second kappa shape index (κ2) is 7.76. The van der Waals surface area contributed by atoms with E-state index in [0.717, 1.165) is 16.3 Å². The summed E-state index contributed by atoms with van der Waals surface area (Å²) in [5.41, 5.74) is 10.1. The van der Waals surface area contributed by atoms with Crippen LogP contribution >= 0.6 is 12.2 Å². The molecule has 0 aliphatic rings. The number of fused-ring (bicyclic) bond motifs is 1. The van der Waals surface area contributed by atoms with Crippen LogP contribution in [0.3, 0.4) is 0 Å². The Hall–Kier alpha value is -3.25. The van der Waals surface area contributed by atoms with Gasteiger partial charge in [-0.2, -0.15) is 5.10 Å². The van der Waals surface area contributed by atoms with Gasteiger partial charge < -0.3 is 10.5 Å². The second-order valence-electron chi connectivity index (χ2n) is 5.69. The van der Waals surface area contributed by atoms with Crippen LogP contribution in [0.25, 0.3) is 10.8 Å². The molecule has 130 valence electrons. The Morgan fingerprint density at radius 1 is 1.12 bits per heavy atom. The van der Waals surface area contributed by atoms with Crippen molar-refractivity contribution in [3.05, 3.63) is 77.4 Å². The van der Waals surface area contributed by atoms with E-state index in [-0.39, 0.29) is 5.11 Å². The molecule has 0 spiro atoms. The van der Waals surface area contributed by atoms with Crippen molar-refractivity contribution in [1.29, 1.82) is 0 Å². The van der Waals surface area contributed by atoms with Gasteiger partial charge in [0.25, 0.3) is 0 Å². The van der Waals surface area contributed by atoms with Gasteiger partial charge in [-0.3, -0.25) is 5.43 Å². The van der Waals surface area contributed by atoms with E-state index in [1.165, 1.54) is 0 Å². The third-order valence-electron chi connectivity index (χ3n) is 3.79. The zero-order valence-electron chi connectivity index (χ0n) is 14.1. The number of carbonyl (C=O) groups excluding carboxylic acids is 1. The van der Waals surface area contributed by atoms with Gasteiger partial charge in [-0.15, -0.1) is 0 Å². The Morgan fingerprint density at radius 3 is 2.58 bits per heavy atom. The summed E-state index contributed by atoms with van der Waals surface area (Å²) in [6, 6.07) is 18.6. The lowest BCUT2D eigenvalue weighted by molar-refractivity contribution is 0.0735. The van der Waals surface area contributed by atoms with Gasteiger partial charge in [-0.25, -0.2) is 4.79 Å². The zero-order chi connectivity index (χ0) is 18.5. The van der Waals surface area contributed by atoms with Gasteiger partial charge in [0.15, 0.2) is 5.11 Å². The van der Waals surface area contributed by atoms with Crippen LogP contribution in [0.4, 0.5) is 0 Å². The van der Waals surface area contributed by atoms with E-state index in [9.17, 15) is 4.79 Å². The molecule has 6 heteroatoms. The largest absolute Gasteiger partial charge is 0.422 e. The van der Waals surface area contributed by atoms with Crippen LogP contribution in [0.2, 0.25) is 0 Å². The summed E-state index contributed by atoms with van der Waals surface area (Å²) in [5, 5.41) is 5.96. The molecule has 5 nitrogen and oxygen atoms in total. The lowest BCUT2D eigenvalue weighted by Crippen LogP contribution is -2.24. The number of aryl methyl sites for hydroxylation is 1. The minimum Gasteiger partial charge on any atom is -0.422 e. The molecule has 0 bridgehead atoms. The van der Waals surface area contributed by atoms with Crippen molar-refractivity contribution in [2.24, 2.45) is 10.8 Å². The second-order valence-corrected chi connectivity index (χ2v) is 6.13. The summed E-state index contributed by atoms with van der Waals surface area (Å²) in [4.78, 5) is 12.5. The molecule has 0 aliphatic carbocycles. The number of hydrogen-bond acceptors (Lipinski definition) is 4. The molecule has 3 rings (SSSR count). The molecule has 3 N–H and O–H groups in total. The standard InChI is InChI=1S/C20H17N3O2S/c1-13-6-8-15(9-7-13)19(24)25-18-11-10-14-4-2-3-5-16(14)17(18)12-22-23-20(21)26/h2-12H,1H3,(H3,21,23,26). The van der Waals surface area contributed by atoms with Crippen LogP contribution in [-0.4, -0.2) is 17.3 Å². The van der Waals surface area contributed by atoms with E-state index in [4.69, 9.17) is 22.7 Å². The molecule has 0 atom stereocenters. The van der Waals surface area contributed by atoms with Gasteiger partial charge in [0.1, 0.15) is 5.75 Å². The average Bonchev–Trinajstić information content (AvgIpc) is 2.63. The highest BCUT2D eigenvalue weighted by Crippen LogP contribution is 2.27. The molecule has 0 amide bonds. The Bertz CT molecular complexity index is 998. The third kappa shape index (κ3) is 4.04. The monoisotopic (exact) mass is 363 g/mol. The highest BCUT2D eigenvalue weighted by Gasteiger charge is 2.13. The predicted octanol–water partition coefficient (Wildman–Crippen LogP) is 3.53. The fourth-order valence-corrected chi connectivity index (χ4v) is 2.56. The number of nitrogens with one attached hydrogen (secondary N) is 1. The van der Waals surface area contributed by atoms with E-state index in [1.54, 1.807) is 24.4 Å². The average molecular weight is 363 g/mol. The summed E-state index contributed by atoms with van der Waals surface area (Å²) in [7, 11) is 0.